The molecule has 1 fully saturated rings. The molecule has 0 spiro atoms. The second-order valence-corrected chi connectivity index (χ2v) is 8.00. The van der Waals surface area contributed by atoms with E-state index in [0.29, 0.717) is 25.3 Å². The number of carbonyl (C=O) groups is 2. The highest BCUT2D eigenvalue weighted by Gasteiger charge is 2.40. The smallest absolute Gasteiger partial charge is 0.407 e. The van der Waals surface area contributed by atoms with Crippen LogP contribution in [0.2, 0.25) is 0 Å². The number of hydrogen-bond acceptors (Lipinski definition) is 3. The van der Waals surface area contributed by atoms with E-state index >= 15 is 0 Å². The summed E-state index contributed by atoms with van der Waals surface area (Å²) in [5.41, 5.74) is 1.57. The first-order valence-corrected chi connectivity index (χ1v) is 9.16. The van der Waals surface area contributed by atoms with Gasteiger partial charge in [0.1, 0.15) is 0 Å². The zero-order chi connectivity index (χ0) is 17.0. The van der Waals surface area contributed by atoms with E-state index in [9.17, 15) is 9.59 Å². The molecule has 0 aliphatic carbocycles. The lowest BCUT2D eigenvalue weighted by Crippen LogP contribution is -2.44. The van der Waals surface area contributed by atoms with Gasteiger partial charge in [-0.1, -0.05) is 44.0 Å². The van der Waals surface area contributed by atoms with E-state index in [1.54, 1.807) is 19.1 Å². The van der Waals surface area contributed by atoms with Gasteiger partial charge in [-0.05, 0) is 37.5 Å². The normalized spacial score (nSPS) is 18.3. The third kappa shape index (κ3) is 4.26. The van der Waals surface area contributed by atoms with Crippen LogP contribution in [-0.4, -0.2) is 46.1 Å². The van der Waals surface area contributed by atoms with Gasteiger partial charge in [-0.3, -0.25) is 0 Å². The second-order valence-electron chi connectivity index (χ2n) is 5.51. The van der Waals surface area contributed by atoms with Gasteiger partial charge in [-0.2, -0.15) is 0 Å². The number of nitrogens with zero attached hydrogens (tertiary/aromatic N) is 1. The Balaban J connectivity index is 2.06. The van der Waals surface area contributed by atoms with Crippen molar-refractivity contribution in [2.24, 2.45) is 0 Å². The van der Waals surface area contributed by atoms with Crippen molar-refractivity contribution in [3.8, 4) is 0 Å². The number of ether oxygens (including phenoxy) is 1. The lowest BCUT2D eigenvalue weighted by atomic mass is 9.89. The van der Waals surface area contributed by atoms with E-state index in [1.807, 2.05) is 12.1 Å². The number of esters is 1. The van der Waals surface area contributed by atoms with Gasteiger partial charge in [0, 0.05) is 17.4 Å². The zero-order valence-corrected chi connectivity index (χ0v) is 16.0. The number of halogens is 2. The Kier molecular flexibility index (Phi) is 6.08. The lowest BCUT2D eigenvalue weighted by Gasteiger charge is -2.40. The highest BCUT2D eigenvalue weighted by atomic mass is 79.9. The molecule has 0 radical (unpaired) electrons. The van der Waals surface area contributed by atoms with E-state index in [1.165, 1.54) is 4.90 Å². The second kappa shape index (κ2) is 7.66. The first-order chi connectivity index (χ1) is 10.9. The van der Waals surface area contributed by atoms with Crippen molar-refractivity contribution >= 4 is 43.9 Å². The van der Waals surface area contributed by atoms with Crippen molar-refractivity contribution in [2.45, 2.75) is 28.9 Å². The number of amides is 1. The zero-order valence-electron chi connectivity index (χ0n) is 12.8. The minimum atomic E-state index is -0.871. The molecule has 1 aliphatic rings. The SMILES string of the molecule is CCOC(=O)c1ccc(C(Br)C2(Br)CCN(C(=O)O)CC2)cc1. The maximum absolute atomic E-state index is 11.7. The summed E-state index contributed by atoms with van der Waals surface area (Å²) in [4.78, 5) is 24.2. The Morgan fingerprint density at radius 1 is 1.30 bits per heavy atom. The fraction of sp³-hybridized carbons (Fsp3) is 0.500. The van der Waals surface area contributed by atoms with Crippen molar-refractivity contribution in [3.63, 3.8) is 0 Å². The first-order valence-electron chi connectivity index (χ1n) is 7.45. The molecule has 7 heteroatoms. The van der Waals surface area contributed by atoms with Crippen molar-refractivity contribution in [2.75, 3.05) is 19.7 Å². The Bertz CT molecular complexity index is 568. The van der Waals surface area contributed by atoms with Crippen LogP contribution in [0.3, 0.4) is 0 Å². The maximum atomic E-state index is 11.7. The molecular weight excluding hydrogens is 430 g/mol. The summed E-state index contributed by atoms with van der Waals surface area (Å²) in [5.74, 6) is -0.325. The molecular formula is C16H19Br2NO4. The first kappa shape index (κ1) is 18.3. The number of carboxylic acid groups (broad SMARTS) is 1. The molecule has 1 amide bonds. The van der Waals surface area contributed by atoms with Crippen molar-refractivity contribution < 1.29 is 19.4 Å². The quantitative estimate of drug-likeness (QED) is 0.553. The van der Waals surface area contributed by atoms with Crippen LogP contribution in [0.1, 0.15) is 40.5 Å². The van der Waals surface area contributed by atoms with Gasteiger partial charge in [-0.25, -0.2) is 9.59 Å². The van der Waals surface area contributed by atoms with Gasteiger partial charge in [0.15, 0.2) is 0 Å². The Morgan fingerprint density at radius 2 is 1.87 bits per heavy atom. The van der Waals surface area contributed by atoms with Crippen molar-refractivity contribution in [1.82, 2.24) is 4.90 Å². The fourth-order valence-corrected chi connectivity index (χ4v) is 4.01. The molecule has 1 N–H and O–H groups in total. The summed E-state index contributed by atoms with van der Waals surface area (Å²) >= 11 is 7.51. The molecule has 1 aromatic rings. The molecule has 0 aromatic heterocycles. The summed E-state index contributed by atoms with van der Waals surface area (Å²) in [6.45, 7) is 3.14. The van der Waals surface area contributed by atoms with Crippen molar-refractivity contribution in [3.05, 3.63) is 35.4 Å². The molecule has 1 aromatic carbocycles. The number of alkyl halides is 2. The monoisotopic (exact) mass is 447 g/mol. The van der Waals surface area contributed by atoms with Gasteiger partial charge < -0.3 is 14.7 Å². The molecule has 0 bridgehead atoms. The average Bonchev–Trinajstić information content (AvgIpc) is 2.55. The Hall–Kier alpha value is -1.08. The van der Waals surface area contributed by atoms with Crippen molar-refractivity contribution in [1.29, 1.82) is 0 Å². The van der Waals surface area contributed by atoms with E-state index in [0.717, 1.165) is 18.4 Å². The van der Waals surface area contributed by atoms with Gasteiger partial charge >= 0.3 is 12.1 Å². The van der Waals surface area contributed by atoms with Gasteiger partial charge in [0.25, 0.3) is 0 Å². The predicted octanol–water partition coefficient (Wildman–Crippen LogP) is 4.21. The van der Waals surface area contributed by atoms with Crippen LogP contribution < -0.4 is 0 Å². The van der Waals surface area contributed by atoms with Crippen LogP contribution in [0.15, 0.2) is 24.3 Å². The minimum absolute atomic E-state index is 0.0298. The van der Waals surface area contributed by atoms with Gasteiger partial charge in [0.2, 0.25) is 0 Å². The number of likely N-dealkylation sites (tertiary alicyclic amines) is 1. The number of rotatable bonds is 4. The summed E-state index contributed by atoms with van der Waals surface area (Å²) in [6, 6.07) is 7.31. The van der Waals surface area contributed by atoms with E-state index in [2.05, 4.69) is 31.9 Å². The lowest BCUT2D eigenvalue weighted by molar-refractivity contribution is 0.0526. The average molecular weight is 449 g/mol. The topological polar surface area (TPSA) is 66.8 Å². The third-order valence-electron chi connectivity index (χ3n) is 4.03. The number of piperidine rings is 1. The highest BCUT2D eigenvalue weighted by molar-refractivity contribution is 9.12. The Labute approximate surface area is 152 Å². The molecule has 1 aliphatic heterocycles. The summed E-state index contributed by atoms with van der Waals surface area (Å²) in [5, 5.41) is 9.05. The standard InChI is InChI=1S/C16H19Br2NO4/c1-2-23-14(20)12-5-3-11(4-6-12)13(17)16(18)7-9-19(10-8-16)15(21)22/h3-6,13H,2,7-10H2,1H3,(H,21,22). The molecule has 0 saturated carbocycles. The van der Waals surface area contributed by atoms with Crippen LogP contribution in [0.5, 0.6) is 0 Å². The van der Waals surface area contributed by atoms with Gasteiger partial charge in [0.05, 0.1) is 17.0 Å². The molecule has 1 saturated heterocycles. The highest BCUT2D eigenvalue weighted by Crippen LogP contribution is 2.47. The minimum Gasteiger partial charge on any atom is -0.465 e. The molecule has 2 rings (SSSR count). The molecule has 23 heavy (non-hydrogen) atoms. The Morgan fingerprint density at radius 3 is 2.35 bits per heavy atom. The molecule has 5 nitrogen and oxygen atoms in total. The number of benzene rings is 1. The maximum Gasteiger partial charge on any atom is 0.407 e. The van der Waals surface area contributed by atoms with E-state index in [-0.39, 0.29) is 15.1 Å². The summed E-state index contributed by atoms with van der Waals surface area (Å²) in [7, 11) is 0. The molecule has 1 unspecified atom stereocenters. The molecule has 1 atom stereocenters. The molecule has 126 valence electrons. The van der Waals surface area contributed by atoms with Crippen LogP contribution in [0.25, 0.3) is 0 Å². The molecule has 1 heterocycles. The fourth-order valence-electron chi connectivity index (χ4n) is 2.62. The number of carbonyl (C=O) groups excluding carboxylic acids is 1. The third-order valence-corrected chi connectivity index (χ3v) is 7.30. The number of hydrogen-bond donors (Lipinski definition) is 1. The summed E-state index contributed by atoms with van der Waals surface area (Å²) < 4.78 is 4.77. The summed E-state index contributed by atoms with van der Waals surface area (Å²) in [6.07, 6.45) is 0.563. The van der Waals surface area contributed by atoms with E-state index < -0.39 is 6.09 Å². The van der Waals surface area contributed by atoms with Gasteiger partial charge in [-0.15, -0.1) is 0 Å². The van der Waals surface area contributed by atoms with Crippen LogP contribution >= 0.6 is 31.9 Å². The largest absolute Gasteiger partial charge is 0.465 e. The van der Waals surface area contributed by atoms with Crippen LogP contribution in [0, 0.1) is 0 Å². The van der Waals surface area contributed by atoms with Crippen LogP contribution in [-0.2, 0) is 4.74 Å². The van der Waals surface area contributed by atoms with E-state index in [4.69, 9.17) is 9.84 Å². The van der Waals surface area contributed by atoms with Crippen LogP contribution in [0.4, 0.5) is 4.79 Å². The predicted molar refractivity (Wildman–Crippen MR) is 94.6 cm³/mol.